The monoisotopic (exact) mass is 256 g/mol. The van der Waals surface area contributed by atoms with E-state index in [4.69, 9.17) is 5.73 Å². The predicted octanol–water partition coefficient (Wildman–Crippen LogP) is 2.21. The summed E-state index contributed by atoms with van der Waals surface area (Å²) in [6.45, 7) is 1.13. The predicted molar refractivity (Wildman–Crippen MR) is 65.5 cm³/mol. The van der Waals surface area contributed by atoms with E-state index in [0.717, 1.165) is 25.1 Å². The summed E-state index contributed by atoms with van der Waals surface area (Å²) in [5, 5.41) is 0. The van der Waals surface area contributed by atoms with E-state index in [0.29, 0.717) is 6.04 Å². The van der Waals surface area contributed by atoms with Gasteiger partial charge in [0.05, 0.1) is 0 Å². The number of nitrogens with two attached hydrogens (primary N) is 1. The van der Waals surface area contributed by atoms with Crippen LogP contribution in [-0.2, 0) is 6.54 Å². The van der Waals surface area contributed by atoms with Crippen molar-refractivity contribution in [1.29, 1.82) is 0 Å². The van der Waals surface area contributed by atoms with E-state index in [2.05, 4.69) is 16.6 Å². The highest BCUT2D eigenvalue weighted by molar-refractivity contribution is 5.27. The molecule has 1 fully saturated rings. The van der Waals surface area contributed by atoms with Crippen molar-refractivity contribution in [3.63, 3.8) is 0 Å². The molecule has 3 nitrogen and oxygen atoms in total. The van der Waals surface area contributed by atoms with Crippen LogP contribution in [0, 0.1) is 0 Å². The van der Waals surface area contributed by atoms with Crippen LogP contribution in [0.2, 0.25) is 0 Å². The fourth-order valence-electron chi connectivity index (χ4n) is 2.26. The van der Waals surface area contributed by atoms with Crippen LogP contribution in [0.1, 0.15) is 18.9 Å². The minimum Gasteiger partial charge on any atom is -0.435 e. The summed E-state index contributed by atoms with van der Waals surface area (Å²) >= 11 is 0. The molecular formula is C13H18F2N2O. The smallest absolute Gasteiger partial charge is 0.387 e. The van der Waals surface area contributed by atoms with Gasteiger partial charge in [-0.1, -0.05) is 12.1 Å². The van der Waals surface area contributed by atoms with Gasteiger partial charge in [0.1, 0.15) is 5.75 Å². The van der Waals surface area contributed by atoms with Gasteiger partial charge in [0.2, 0.25) is 0 Å². The zero-order chi connectivity index (χ0) is 13.1. The minimum atomic E-state index is -2.77. The normalized spacial score (nSPS) is 24.7. The molecule has 2 unspecified atom stereocenters. The number of benzene rings is 1. The van der Waals surface area contributed by atoms with Gasteiger partial charge in [-0.25, -0.2) is 0 Å². The van der Waals surface area contributed by atoms with Crippen LogP contribution in [0.15, 0.2) is 24.3 Å². The van der Waals surface area contributed by atoms with Crippen LogP contribution >= 0.6 is 0 Å². The van der Waals surface area contributed by atoms with Gasteiger partial charge in [-0.15, -0.1) is 0 Å². The lowest BCUT2D eigenvalue weighted by molar-refractivity contribution is -0.0498. The molecule has 1 saturated heterocycles. The molecule has 1 heterocycles. The van der Waals surface area contributed by atoms with Gasteiger partial charge in [0.25, 0.3) is 0 Å². The van der Waals surface area contributed by atoms with Gasteiger partial charge in [-0.3, -0.25) is 4.90 Å². The summed E-state index contributed by atoms with van der Waals surface area (Å²) in [5.41, 5.74) is 7.04. The molecule has 0 aliphatic carbocycles. The second kappa shape index (κ2) is 5.63. The van der Waals surface area contributed by atoms with Crippen LogP contribution in [0.4, 0.5) is 8.78 Å². The van der Waals surface area contributed by atoms with Crippen LogP contribution in [0.5, 0.6) is 5.75 Å². The number of halogens is 2. The van der Waals surface area contributed by atoms with Crippen molar-refractivity contribution in [2.45, 2.75) is 38.6 Å². The van der Waals surface area contributed by atoms with Gasteiger partial charge in [0, 0.05) is 25.2 Å². The number of likely N-dealkylation sites (tertiary alicyclic amines) is 1. The number of nitrogens with zero attached hydrogens (tertiary/aromatic N) is 1. The van der Waals surface area contributed by atoms with Gasteiger partial charge in [-0.05, 0) is 31.0 Å². The van der Waals surface area contributed by atoms with Crippen molar-refractivity contribution in [2.75, 3.05) is 6.54 Å². The molecule has 2 N–H and O–H groups in total. The van der Waals surface area contributed by atoms with Crippen LogP contribution < -0.4 is 10.5 Å². The van der Waals surface area contributed by atoms with E-state index < -0.39 is 6.61 Å². The highest BCUT2D eigenvalue weighted by Crippen LogP contribution is 2.21. The molecule has 1 aliphatic rings. The zero-order valence-corrected chi connectivity index (χ0v) is 10.4. The largest absolute Gasteiger partial charge is 0.435 e. The second-order valence-electron chi connectivity index (χ2n) is 4.69. The van der Waals surface area contributed by atoms with Crippen molar-refractivity contribution in [3.05, 3.63) is 29.8 Å². The summed E-state index contributed by atoms with van der Waals surface area (Å²) in [4.78, 5) is 2.30. The molecule has 1 aromatic rings. The van der Waals surface area contributed by atoms with Crippen molar-refractivity contribution in [2.24, 2.45) is 5.73 Å². The third-order valence-electron chi connectivity index (χ3n) is 3.48. The Bertz CT molecular complexity index is 383. The lowest BCUT2D eigenvalue weighted by atomic mass is 10.1. The number of rotatable bonds is 4. The Morgan fingerprint density at radius 3 is 2.56 bits per heavy atom. The third kappa shape index (κ3) is 3.17. The Hall–Kier alpha value is -1.20. The number of ether oxygens (including phenoxy) is 1. The summed E-state index contributed by atoms with van der Waals surface area (Å²) in [6, 6.07) is 7.36. The molecule has 100 valence electrons. The van der Waals surface area contributed by atoms with E-state index in [1.54, 1.807) is 12.1 Å². The first-order valence-electron chi connectivity index (χ1n) is 6.09. The Labute approximate surface area is 106 Å². The summed E-state index contributed by atoms with van der Waals surface area (Å²) in [7, 11) is 0. The SMILES string of the molecule is CC1C(N)CCN1Cc1ccc(OC(F)F)cc1. The molecule has 2 rings (SSSR count). The topological polar surface area (TPSA) is 38.5 Å². The lowest BCUT2D eigenvalue weighted by Crippen LogP contribution is -2.36. The average Bonchev–Trinajstić information content (AvgIpc) is 2.63. The fraction of sp³-hybridized carbons (Fsp3) is 0.538. The van der Waals surface area contributed by atoms with E-state index in [9.17, 15) is 8.78 Å². The van der Waals surface area contributed by atoms with E-state index in [1.807, 2.05) is 12.1 Å². The van der Waals surface area contributed by atoms with Crippen LogP contribution in [-0.4, -0.2) is 30.1 Å². The first-order valence-corrected chi connectivity index (χ1v) is 6.09. The Balaban J connectivity index is 1.94. The number of alkyl halides is 2. The Morgan fingerprint density at radius 2 is 2.06 bits per heavy atom. The quantitative estimate of drug-likeness (QED) is 0.897. The van der Waals surface area contributed by atoms with E-state index >= 15 is 0 Å². The highest BCUT2D eigenvalue weighted by Gasteiger charge is 2.27. The third-order valence-corrected chi connectivity index (χ3v) is 3.48. The molecule has 0 radical (unpaired) electrons. The van der Waals surface area contributed by atoms with Gasteiger partial charge >= 0.3 is 6.61 Å². The number of hydrogen-bond acceptors (Lipinski definition) is 3. The maximum atomic E-state index is 12.0. The summed E-state index contributed by atoms with van der Waals surface area (Å²) in [6.07, 6.45) is 1.01. The van der Waals surface area contributed by atoms with Gasteiger partial charge in [0.15, 0.2) is 0 Å². The summed E-state index contributed by atoms with van der Waals surface area (Å²) < 4.78 is 28.3. The molecule has 0 saturated carbocycles. The van der Waals surface area contributed by atoms with E-state index in [-0.39, 0.29) is 11.8 Å². The molecule has 0 spiro atoms. The van der Waals surface area contributed by atoms with E-state index in [1.165, 1.54) is 0 Å². The summed E-state index contributed by atoms with van der Waals surface area (Å²) in [5.74, 6) is 0.194. The maximum Gasteiger partial charge on any atom is 0.387 e. The molecule has 0 aromatic heterocycles. The molecule has 18 heavy (non-hydrogen) atoms. The molecule has 0 amide bonds. The average molecular weight is 256 g/mol. The Morgan fingerprint density at radius 1 is 1.39 bits per heavy atom. The lowest BCUT2D eigenvalue weighted by Gasteiger charge is -2.22. The minimum absolute atomic E-state index is 0.194. The second-order valence-corrected chi connectivity index (χ2v) is 4.69. The molecule has 1 aliphatic heterocycles. The van der Waals surface area contributed by atoms with Gasteiger partial charge in [-0.2, -0.15) is 8.78 Å². The van der Waals surface area contributed by atoms with Crippen LogP contribution in [0.3, 0.4) is 0 Å². The van der Waals surface area contributed by atoms with Crippen LogP contribution in [0.25, 0.3) is 0 Å². The van der Waals surface area contributed by atoms with Gasteiger partial charge < -0.3 is 10.5 Å². The highest BCUT2D eigenvalue weighted by atomic mass is 19.3. The first kappa shape index (κ1) is 13.2. The number of hydrogen-bond donors (Lipinski definition) is 1. The first-order chi connectivity index (χ1) is 8.56. The molecule has 1 aromatic carbocycles. The van der Waals surface area contributed by atoms with Crippen molar-refractivity contribution in [3.8, 4) is 5.75 Å². The molecule has 5 heteroatoms. The Kier molecular flexibility index (Phi) is 4.14. The van der Waals surface area contributed by atoms with Crippen molar-refractivity contribution in [1.82, 2.24) is 4.90 Å². The molecule has 2 atom stereocenters. The maximum absolute atomic E-state index is 12.0. The van der Waals surface area contributed by atoms with Crippen molar-refractivity contribution < 1.29 is 13.5 Å². The zero-order valence-electron chi connectivity index (χ0n) is 10.4. The standard InChI is InChI=1S/C13H18F2N2O/c1-9-12(16)6-7-17(9)8-10-2-4-11(5-3-10)18-13(14)15/h2-5,9,12-13H,6-8,16H2,1H3. The molecule has 0 bridgehead atoms. The molecular weight excluding hydrogens is 238 g/mol. The van der Waals surface area contributed by atoms with Crippen molar-refractivity contribution >= 4 is 0 Å². The fourth-order valence-corrected chi connectivity index (χ4v) is 2.26.